The summed E-state index contributed by atoms with van der Waals surface area (Å²) in [6.07, 6.45) is 5.26. The molecule has 0 unspecified atom stereocenters. The van der Waals surface area contributed by atoms with Crippen LogP contribution in [-0.4, -0.2) is 27.1 Å². The number of amides is 1. The van der Waals surface area contributed by atoms with E-state index in [0.717, 1.165) is 30.5 Å². The van der Waals surface area contributed by atoms with Crippen LogP contribution in [0.4, 0.5) is 11.4 Å². The highest BCUT2D eigenvalue weighted by molar-refractivity contribution is 7.92. The Morgan fingerprint density at radius 1 is 1.07 bits per heavy atom. The van der Waals surface area contributed by atoms with Crippen LogP contribution in [0.5, 0.6) is 0 Å². The maximum absolute atomic E-state index is 12.2. The fraction of sp³-hybridized carbons (Fsp3) is 0.409. The minimum Gasteiger partial charge on any atom is -0.326 e. The molecule has 5 nitrogen and oxygen atoms in total. The summed E-state index contributed by atoms with van der Waals surface area (Å²) in [6.45, 7) is 4.36. The first-order valence-electron chi connectivity index (χ1n) is 9.73. The van der Waals surface area contributed by atoms with Gasteiger partial charge in [-0.2, -0.15) is 0 Å². The van der Waals surface area contributed by atoms with Crippen LogP contribution in [0, 0.1) is 6.92 Å². The van der Waals surface area contributed by atoms with Gasteiger partial charge in [0.05, 0.1) is 11.9 Å². The summed E-state index contributed by atoms with van der Waals surface area (Å²) < 4.78 is 25.6. The van der Waals surface area contributed by atoms with Crippen LogP contribution in [0.1, 0.15) is 43.7 Å². The van der Waals surface area contributed by atoms with E-state index in [1.54, 1.807) is 6.07 Å². The molecule has 0 aromatic heterocycles. The number of hydrogen-bond acceptors (Lipinski definition) is 3. The molecule has 28 heavy (non-hydrogen) atoms. The molecule has 0 saturated heterocycles. The summed E-state index contributed by atoms with van der Waals surface area (Å²) in [4.78, 5) is 12.2. The number of unbranched alkanes of at least 4 members (excludes halogenated alkanes) is 1. The first-order chi connectivity index (χ1) is 13.3. The largest absolute Gasteiger partial charge is 0.326 e. The van der Waals surface area contributed by atoms with E-state index < -0.39 is 10.0 Å². The maximum atomic E-state index is 12.2. The van der Waals surface area contributed by atoms with Crippen molar-refractivity contribution < 1.29 is 13.2 Å². The molecular weight excluding hydrogens is 372 g/mol. The second kappa shape index (κ2) is 10.3. The van der Waals surface area contributed by atoms with Gasteiger partial charge in [-0.3, -0.25) is 9.10 Å². The molecule has 0 heterocycles. The lowest BCUT2D eigenvalue weighted by molar-refractivity contribution is -0.116. The van der Waals surface area contributed by atoms with Gasteiger partial charge in [0.25, 0.3) is 0 Å². The second-order valence-corrected chi connectivity index (χ2v) is 9.03. The minimum atomic E-state index is -3.40. The van der Waals surface area contributed by atoms with Crippen LogP contribution in [-0.2, 0) is 21.2 Å². The standard InChI is InChI=1S/C22H30N2O3S/c1-4-5-9-19-12-14-20(15-13-19)23-22(25)11-7-16-24(28(3,26)27)21-10-6-8-18(2)17-21/h6,8,10,12-15,17H,4-5,7,9,11,16H2,1-3H3,(H,23,25). The van der Waals surface area contributed by atoms with Crippen molar-refractivity contribution in [2.45, 2.75) is 46.0 Å². The minimum absolute atomic E-state index is 0.112. The molecule has 2 rings (SSSR count). The molecule has 1 amide bonds. The number of nitrogens with zero attached hydrogens (tertiary/aromatic N) is 1. The zero-order valence-electron chi connectivity index (χ0n) is 16.9. The third kappa shape index (κ3) is 7.00. The second-order valence-electron chi connectivity index (χ2n) is 7.13. The molecule has 0 saturated carbocycles. The summed E-state index contributed by atoms with van der Waals surface area (Å²) in [5.41, 5.74) is 3.66. The van der Waals surface area contributed by atoms with Crippen LogP contribution in [0.2, 0.25) is 0 Å². The zero-order valence-corrected chi connectivity index (χ0v) is 17.8. The number of aryl methyl sites for hydroxylation is 2. The van der Waals surface area contributed by atoms with Gasteiger partial charge in [0.15, 0.2) is 0 Å². The molecule has 0 fully saturated rings. The number of hydrogen-bond donors (Lipinski definition) is 1. The molecule has 0 spiro atoms. The number of rotatable bonds is 10. The monoisotopic (exact) mass is 402 g/mol. The molecule has 2 aromatic rings. The Hall–Kier alpha value is -2.34. The first-order valence-corrected chi connectivity index (χ1v) is 11.6. The predicted molar refractivity (Wildman–Crippen MR) is 116 cm³/mol. The molecule has 0 aliphatic rings. The number of carbonyl (C=O) groups is 1. The van der Waals surface area contributed by atoms with Crippen molar-refractivity contribution in [3.63, 3.8) is 0 Å². The van der Waals surface area contributed by atoms with Crippen molar-refractivity contribution in [1.29, 1.82) is 0 Å². The molecule has 0 radical (unpaired) electrons. The fourth-order valence-corrected chi connectivity index (χ4v) is 3.97. The smallest absolute Gasteiger partial charge is 0.232 e. The fourth-order valence-electron chi connectivity index (χ4n) is 3.01. The Bertz CT molecular complexity index is 877. The quantitative estimate of drug-likeness (QED) is 0.635. The lowest BCUT2D eigenvalue weighted by Gasteiger charge is -2.22. The number of benzene rings is 2. The van der Waals surface area contributed by atoms with Gasteiger partial charge >= 0.3 is 0 Å². The van der Waals surface area contributed by atoms with Gasteiger partial charge in [0.1, 0.15) is 0 Å². The van der Waals surface area contributed by atoms with Gasteiger partial charge in [-0.1, -0.05) is 37.6 Å². The van der Waals surface area contributed by atoms with Gasteiger partial charge in [-0.05, 0) is 61.6 Å². The number of nitrogens with one attached hydrogen (secondary N) is 1. The van der Waals surface area contributed by atoms with Gasteiger partial charge < -0.3 is 5.32 Å². The topological polar surface area (TPSA) is 66.5 Å². The van der Waals surface area contributed by atoms with E-state index in [9.17, 15) is 13.2 Å². The van der Waals surface area contributed by atoms with E-state index in [-0.39, 0.29) is 18.9 Å². The Morgan fingerprint density at radius 2 is 1.79 bits per heavy atom. The highest BCUT2D eigenvalue weighted by Gasteiger charge is 2.17. The van der Waals surface area contributed by atoms with Gasteiger partial charge in [-0.25, -0.2) is 8.42 Å². The van der Waals surface area contributed by atoms with E-state index in [1.165, 1.54) is 16.1 Å². The number of carbonyl (C=O) groups excluding carboxylic acids is 1. The van der Waals surface area contributed by atoms with Crippen molar-refractivity contribution in [3.8, 4) is 0 Å². The van der Waals surface area contributed by atoms with Gasteiger partial charge in [0.2, 0.25) is 15.9 Å². The SMILES string of the molecule is CCCCc1ccc(NC(=O)CCCN(c2cccc(C)c2)S(C)(=O)=O)cc1. The molecule has 0 bridgehead atoms. The maximum Gasteiger partial charge on any atom is 0.232 e. The van der Waals surface area contributed by atoms with Crippen LogP contribution < -0.4 is 9.62 Å². The van der Waals surface area contributed by atoms with E-state index in [2.05, 4.69) is 12.2 Å². The summed E-state index contributed by atoms with van der Waals surface area (Å²) in [6, 6.07) is 15.3. The molecule has 2 aromatic carbocycles. The van der Waals surface area contributed by atoms with Gasteiger partial charge in [-0.15, -0.1) is 0 Å². The van der Waals surface area contributed by atoms with Crippen LogP contribution >= 0.6 is 0 Å². The van der Waals surface area contributed by atoms with Crippen LogP contribution in [0.25, 0.3) is 0 Å². The normalized spacial score (nSPS) is 11.2. The van der Waals surface area contributed by atoms with Crippen molar-refractivity contribution in [3.05, 3.63) is 59.7 Å². The molecule has 0 aliphatic carbocycles. The highest BCUT2D eigenvalue weighted by Crippen LogP contribution is 2.20. The van der Waals surface area contributed by atoms with Crippen molar-refractivity contribution in [2.24, 2.45) is 0 Å². The molecule has 152 valence electrons. The molecule has 0 aliphatic heterocycles. The highest BCUT2D eigenvalue weighted by atomic mass is 32.2. The van der Waals surface area contributed by atoms with E-state index in [0.29, 0.717) is 12.1 Å². The lowest BCUT2D eigenvalue weighted by Crippen LogP contribution is -2.31. The Kier molecular flexibility index (Phi) is 8.05. The van der Waals surface area contributed by atoms with Crippen LogP contribution in [0.15, 0.2) is 48.5 Å². The van der Waals surface area contributed by atoms with Crippen molar-refractivity contribution >= 4 is 27.3 Å². The molecular formula is C22H30N2O3S. The predicted octanol–water partition coefficient (Wildman–Crippen LogP) is 4.52. The van der Waals surface area contributed by atoms with E-state index in [4.69, 9.17) is 0 Å². The third-order valence-corrected chi connectivity index (χ3v) is 5.71. The van der Waals surface area contributed by atoms with E-state index >= 15 is 0 Å². The average molecular weight is 403 g/mol. The number of anilines is 2. The van der Waals surface area contributed by atoms with Crippen LogP contribution in [0.3, 0.4) is 0 Å². The lowest BCUT2D eigenvalue weighted by atomic mass is 10.1. The van der Waals surface area contributed by atoms with Crippen molar-refractivity contribution in [1.82, 2.24) is 0 Å². The Balaban J connectivity index is 1.89. The summed E-state index contributed by atoms with van der Waals surface area (Å²) in [5.74, 6) is -0.112. The zero-order chi connectivity index (χ0) is 20.6. The van der Waals surface area contributed by atoms with E-state index in [1.807, 2.05) is 49.4 Å². The molecule has 0 atom stereocenters. The number of sulfonamides is 1. The Labute approximate surface area is 168 Å². The Morgan fingerprint density at radius 3 is 2.39 bits per heavy atom. The van der Waals surface area contributed by atoms with Crippen molar-refractivity contribution in [2.75, 3.05) is 22.4 Å². The summed E-state index contributed by atoms with van der Waals surface area (Å²) >= 11 is 0. The summed E-state index contributed by atoms with van der Waals surface area (Å²) in [5, 5.41) is 2.88. The summed E-state index contributed by atoms with van der Waals surface area (Å²) in [7, 11) is -3.40. The first kappa shape index (κ1) is 22.0. The third-order valence-electron chi connectivity index (χ3n) is 4.51. The molecule has 1 N–H and O–H groups in total. The van der Waals surface area contributed by atoms with Gasteiger partial charge in [0, 0.05) is 18.7 Å². The average Bonchev–Trinajstić information content (AvgIpc) is 2.63. The molecule has 6 heteroatoms.